The Labute approximate surface area is 188 Å². The van der Waals surface area contributed by atoms with Crippen molar-refractivity contribution in [1.29, 1.82) is 0 Å². The minimum atomic E-state index is -3.61. The maximum atomic E-state index is 12.9. The highest BCUT2D eigenvalue weighted by Gasteiger charge is 2.27. The Kier molecular flexibility index (Phi) is 8.22. The van der Waals surface area contributed by atoms with Crippen LogP contribution in [0.25, 0.3) is 0 Å². The number of carbonyl (C=O) groups is 1. The van der Waals surface area contributed by atoms with E-state index in [1.807, 2.05) is 12.1 Å². The van der Waals surface area contributed by atoms with Crippen molar-refractivity contribution in [3.8, 4) is 0 Å². The van der Waals surface area contributed by atoms with Crippen LogP contribution in [0.1, 0.15) is 40.7 Å². The molecule has 1 aliphatic heterocycles. The third-order valence-electron chi connectivity index (χ3n) is 5.19. The third kappa shape index (κ3) is 5.78. The first kappa shape index (κ1) is 23.1. The molecule has 5 nitrogen and oxygen atoms in total. The first-order valence-electron chi connectivity index (χ1n) is 10.1. The SMILES string of the molecule is Cc1ccccc1CSCCNC(=O)c1cc(S(=O)(=O)N2CCCCC2)ccc1Cl. The number of rotatable bonds is 8. The van der Waals surface area contributed by atoms with Crippen LogP contribution in [-0.2, 0) is 15.8 Å². The minimum absolute atomic E-state index is 0.118. The molecule has 30 heavy (non-hydrogen) atoms. The van der Waals surface area contributed by atoms with Gasteiger partial charge in [0.05, 0.1) is 15.5 Å². The molecule has 1 fully saturated rings. The van der Waals surface area contributed by atoms with Gasteiger partial charge in [-0.3, -0.25) is 4.79 Å². The van der Waals surface area contributed by atoms with Crippen molar-refractivity contribution in [1.82, 2.24) is 9.62 Å². The molecular weight excluding hydrogens is 440 g/mol. The van der Waals surface area contributed by atoms with Gasteiger partial charge in [0.25, 0.3) is 5.91 Å². The summed E-state index contributed by atoms with van der Waals surface area (Å²) in [5.74, 6) is 1.28. The summed E-state index contributed by atoms with van der Waals surface area (Å²) in [5.41, 5.74) is 2.73. The predicted octanol–water partition coefficient (Wildman–Crippen LogP) is 4.49. The molecule has 162 valence electrons. The number of thioether (sulfide) groups is 1. The number of sulfonamides is 1. The molecule has 3 rings (SSSR count). The summed E-state index contributed by atoms with van der Waals surface area (Å²) in [6, 6.07) is 12.6. The third-order valence-corrected chi connectivity index (χ3v) is 8.42. The van der Waals surface area contributed by atoms with Crippen molar-refractivity contribution in [3.63, 3.8) is 0 Å². The van der Waals surface area contributed by atoms with E-state index in [9.17, 15) is 13.2 Å². The van der Waals surface area contributed by atoms with Crippen LogP contribution in [0, 0.1) is 6.92 Å². The highest BCUT2D eigenvalue weighted by Crippen LogP contribution is 2.25. The molecule has 2 aromatic carbocycles. The molecule has 0 saturated carbocycles. The van der Waals surface area contributed by atoms with Crippen molar-refractivity contribution < 1.29 is 13.2 Å². The highest BCUT2D eigenvalue weighted by molar-refractivity contribution is 7.98. The van der Waals surface area contributed by atoms with Gasteiger partial charge in [0.2, 0.25) is 10.0 Å². The fourth-order valence-electron chi connectivity index (χ4n) is 3.38. The van der Waals surface area contributed by atoms with E-state index in [-0.39, 0.29) is 21.4 Å². The second kappa shape index (κ2) is 10.7. The Morgan fingerprint density at radius 1 is 1.13 bits per heavy atom. The van der Waals surface area contributed by atoms with Crippen molar-refractivity contribution in [2.24, 2.45) is 0 Å². The lowest BCUT2D eigenvalue weighted by Gasteiger charge is -2.26. The lowest BCUT2D eigenvalue weighted by molar-refractivity contribution is 0.0956. The van der Waals surface area contributed by atoms with Gasteiger partial charge < -0.3 is 5.32 Å². The maximum absolute atomic E-state index is 12.9. The van der Waals surface area contributed by atoms with Crippen molar-refractivity contribution in [3.05, 3.63) is 64.2 Å². The van der Waals surface area contributed by atoms with Crippen LogP contribution >= 0.6 is 23.4 Å². The summed E-state index contributed by atoms with van der Waals surface area (Å²) >= 11 is 7.93. The Bertz CT molecular complexity index is 990. The number of amides is 1. The molecule has 0 bridgehead atoms. The van der Waals surface area contributed by atoms with Crippen LogP contribution in [0.2, 0.25) is 5.02 Å². The standard InChI is InChI=1S/C22H27ClN2O3S2/c1-17-7-3-4-8-18(17)16-29-14-11-24-22(26)20-15-19(9-10-21(20)23)30(27,28)25-12-5-2-6-13-25/h3-4,7-10,15H,2,5-6,11-14,16H2,1H3,(H,24,26). The molecule has 1 N–H and O–H groups in total. The Morgan fingerprint density at radius 2 is 1.87 bits per heavy atom. The fraction of sp³-hybridized carbons (Fsp3) is 0.409. The van der Waals surface area contributed by atoms with Gasteiger partial charge in [-0.15, -0.1) is 0 Å². The lowest BCUT2D eigenvalue weighted by Crippen LogP contribution is -2.35. The average Bonchev–Trinajstić information content (AvgIpc) is 2.75. The summed E-state index contributed by atoms with van der Waals surface area (Å²) < 4.78 is 27.3. The highest BCUT2D eigenvalue weighted by atomic mass is 35.5. The number of piperidine rings is 1. The molecule has 1 aliphatic rings. The average molecular weight is 467 g/mol. The molecule has 1 saturated heterocycles. The summed E-state index contributed by atoms with van der Waals surface area (Å²) in [4.78, 5) is 12.7. The number of nitrogens with zero attached hydrogens (tertiary/aromatic N) is 1. The topological polar surface area (TPSA) is 66.5 Å². The van der Waals surface area contributed by atoms with Gasteiger partial charge in [-0.05, 0) is 49.1 Å². The van der Waals surface area contributed by atoms with Gasteiger partial charge in [-0.25, -0.2) is 8.42 Å². The van der Waals surface area contributed by atoms with E-state index in [4.69, 9.17) is 11.6 Å². The van der Waals surface area contributed by atoms with Gasteiger partial charge in [0.1, 0.15) is 0 Å². The monoisotopic (exact) mass is 466 g/mol. The second-order valence-corrected chi connectivity index (χ2v) is 10.8. The minimum Gasteiger partial charge on any atom is -0.351 e. The lowest BCUT2D eigenvalue weighted by atomic mass is 10.1. The maximum Gasteiger partial charge on any atom is 0.252 e. The van der Waals surface area contributed by atoms with Crippen LogP contribution in [0.15, 0.2) is 47.4 Å². The number of carbonyl (C=O) groups excluding carboxylic acids is 1. The molecule has 0 aromatic heterocycles. The summed E-state index contributed by atoms with van der Waals surface area (Å²) in [7, 11) is -3.61. The van der Waals surface area contributed by atoms with E-state index in [0.29, 0.717) is 19.6 Å². The van der Waals surface area contributed by atoms with Gasteiger partial charge in [-0.1, -0.05) is 42.3 Å². The van der Waals surface area contributed by atoms with Gasteiger partial charge >= 0.3 is 0 Å². The van der Waals surface area contributed by atoms with Crippen LogP contribution in [0.3, 0.4) is 0 Å². The first-order chi connectivity index (χ1) is 14.4. The molecule has 1 amide bonds. The van der Waals surface area contributed by atoms with Crippen molar-refractivity contribution >= 4 is 39.3 Å². The van der Waals surface area contributed by atoms with Gasteiger partial charge in [-0.2, -0.15) is 16.1 Å². The largest absolute Gasteiger partial charge is 0.351 e. The van der Waals surface area contributed by atoms with E-state index < -0.39 is 10.0 Å². The number of aryl methyl sites for hydroxylation is 1. The quantitative estimate of drug-likeness (QED) is 0.582. The Balaban J connectivity index is 1.57. The zero-order valence-electron chi connectivity index (χ0n) is 17.1. The van der Waals surface area contributed by atoms with Gasteiger partial charge in [0.15, 0.2) is 0 Å². The summed E-state index contributed by atoms with van der Waals surface area (Å²) in [5, 5.41) is 3.09. The van der Waals surface area contributed by atoms with E-state index in [1.165, 1.54) is 33.6 Å². The Hall–Kier alpha value is -1.54. The molecule has 0 atom stereocenters. The molecule has 1 heterocycles. The summed E-state index contributed by atoms with van der Waals surface area (Å²) in [6.07, 6.45) is 2.77. The zero-order chi connectivity index (χ0) is 21.6. The number of hydrogen-bond acceptors (Lipinski definition) is 4. The first-order valence-corrected chi connectivity index (χ1v) is 13.1. The van der Waals surface area contributed by atoms with E-state index in [0.717, 1.165) is 30.8 Å². The van der Waals surface area contributed by atoms with Crippen molar-refractivity contribution in [2.45, 2.75) is 36.8 Å². The predicted molar refractivity (Wildman–Crippen MR) is 124 cm³/mol. The molecule has 0 unspecified atom stereocenters. The molecule has 0 radical (unpaired) electrons. The van der Waals surface area contributed by atoms with Crippen LogP contribution in [-0.4, -0.2) is 44.0 Å². The second-order valence-electron chi connectivity index (χ2n) is 7.34. The summed E-state index contributed by atoms with van der Waals surface area (Å²) in [6.45, 7) is 3.61. The van der Waals surface area contributed by atoms with E-state index in [1.54, 1.807) is 11.8 Å². The smallest absolute Gasteiger partial charge is 0.252 e. The van der Waals surface area contributed by atoms with E-state index >= 15 is 0 Å². The zero-order valence-corrected chi connectivity index (χ0v) is 19.5. The molecular formula is C22H27ClN2O3S2. The fourth-order valence-corrected chi connectivity index (χ4v) is 6.06. The molecule has 0 aliphatic carbocycles. The molecule has 8 heteroatoms. The van der Waals surface area contributed by atoms with Gasteiger partial charge in [0, 0.05) is 31.1 Å². The normalized spacial score (nSPS) is 15.1. The number of benzene rings is 2. The van der Waals surface area contributed by atoms with Crippen LogP contribution < -0.4 is 5.32 Å². The molecule has 2 aromatic rings. The number of halogens is 1. The van der Waals surface area contributed by atoms with Crippen molar-refractivity contribution in [2.75, 3.05) is 25.4 Å². The Morgan fingerprint density at radius 3 is 2.60 bits per heavy atom. The number of hydrogen-bond donors (Lipinski definition) is 1. The van der Waals surface area contributed by atoms with Crippen LogP contribution in [0.4, 0.5) is 0 Å². The number of nitrogens with one attached hydrogen (secondary N) is 1. The molecule has 0 spiro atoms. The van der Waals surface area contributed by atoms with E-state index in [2.05, 4.69) is 24.4 Å². The van der Waals surface area contributed by atoms with Crippen LogP contribution in [0.5, 0.6) is 0 Å².